The summed E-state index contributed by atoms with van der Waals surface area (Å²) >= 11 is 0. The van der Waals surface area contributed by atoms with E-state index >= 15 is 0 Å². The zero-order valence-corrected chi connectivity index (χ0v) is 13.7. The van der Waals surface area contributed by atoms with Gasteiger partial charge in [0.05, 0.1) is 0 Å². The second-order valence-electron chi connectivity index (χ2n) is 6.19. The zero-order valence-electron chi connectivity index (χ0n) is 13.7. The fraction of sp³-hybridized carbons (Fsp3) is 0.300. The fourth-order valence-electron chi connectivity index (χ4n) is 2.98. The van der Waals surface area contributed by atoms with Crippen molar-refractivity contribution < 1.29 is 14.3 Å². The molecule has 2 atom stereocenters. The maximum absolute atomic E-state index is 11.8. The molecule has 0 aliphatic heterocycles. The van der Waals surface area contributed by atoms with Crippen LogP contribution in [0.3, 0.4) is 0 Å². The second-order valence-corrected chi connectivity index (χ2v) is 6.19. The Morgan fingerprint density at radius 3 is 2.54 bits per heavy atom. The lowest BCUT2D eigenvalue weighted by Gasteiger charge is -2.08. The molecule has 2 aromatic rings. The number of benzene rings is 2. The highest BCUT2D eigenvalue weighted by atomic mass is 16.5. The van der Waals surface area contributed by atoms with E-state index in [1.54, 1.807) is 6.92 Å². The van der Waals surface area contributed by atoms with Crippen LogP contribution in [0.2, 0.25) is 0 Å². The topological polar surface area (TPSA) is 55.4 Å². The minimum atomic E-state index is -0.399. The average Bonchev–Trinajstić information content (AvgIpc) is 3.38. The number of hydrogen-bond donors (Lipinski definition) is 1. The molecule has 1 N–H and O–H groups in total. The number of rotatable bonds is 6. The van der Waals surface area contributed by atoms with E-state index in [2.05, 4.69) is 5.32 Å². The molecule has 4 nitrogen and oxygen atoms in total. The van der Waals surface area contributed by atoms with Gasteiger partial charge in [-0.1, -0.05) is 54.6 Å². The van der Waals surface area contributed by atoms with Crippen LogP contribution in [0.1, 0.15) is 40.7 Å². The predicted molar refractivity (Wildman–Crippen MR) is 91.9 cm³/mol. The normalized spacial score (nSPS) is 18.7. The number of Topliss-reactive ketones (excluding diaryl/α,β-unsaturated/α-hetero) is 1. The monoisotopic (exact) mass is 323 g/mol. The van der Waals surface area contributed by atoms with Crippen molar-refractivity contribution in [1.82, 2.24) is 5.32 Å². The van der Waals surface area contributed by atoms with Crippen molar-refractivity contribution in [2.24, 2.45) is 5.92 Å². The van der Waals surface area contributed by atoms with Gasteiger partial charge in [0.25, 0.3) is 0 Å². The number of hydrogen-bond acceptors (Lipinski definition) is 3. The van der Waals surface area contributed by atoms with Crippen LogP contribution in [-0.2, 0) is 11.3 Å². The van der Waals surface area contributed by atoms with E-state index in [0.29, 0.717) is 18.4 Å². The minimum absolute atomic E-state index is 0.0893. The van der Waals surface area contributed by atoms with Gasteiger partial charge in [0, 0.05) is 12.1 Å². The van der Waals surface area contributed by atoms with Gasteiger partial charge in [-0.3, -0.25) is 4.79 Å². The van der Waals surface area contributed by atoms with Crippen LogP contribution in [0.5, 0.6) is 0 Å². The van der Waals surface area contributed by atoms with Gasteiger partial charge in [0.15, 0.2) is 5.78 Å². The molecule has 0 unspecified atom stereocenters. The molecule has 0 heterocycles. The summed E-state index contributed by atoms with van der Waals surface area (Å²) in [5.41, 5.74) is 2.85. The first-order valence-electron chi connectivity index (χ1n) is 8.19. The van der Waals surface area contributed by atoms with E-state index in [0.717, 1.165) is 23.1 Å². The molecule has 2 aromatic carbocycles. The summed E-state index contributed by atoms with van der Waals surface area (Å²) in [5, 5.41) is 2.82. The van der Waals surface area contributed by atoms with Crippen molar-refractivity contribution >= 4 is 11.9 Å². The molecule has 1 amide bonds. The minimum Gasteiger partial charge on any atom is -0.445 e. The third kappa shape index (κ3) is 4.02. The lowest BCUT2D eigenvalue weighted by atomic mass is 9.99. The lowest BCUT2D eigenvalue weighted by Crippen LogP contribution is -2.26. The van der Waals surface area contributed by atoms with Crippen molar-refractivity contribution in [3.63, 3.8) is 0 Å². The quantitative estimate of drug-likeness (QED) is 0.820. The van der Waals surface area contributed by atoms with Crippen LogP contribution in [0.4, 0.5) is 4.79 Å². The first-order valence-corrected chi connectivity index (χ1v) is 8.19. The van der Waals surface area contributed by atoms with Gasteiger partial charge in [-0.05, 0) is 36.3 Å². The first kappa shape index (κ1) is 16.2. The molecule has 4 heteroatoms. The Kier molecular flexibility index (Phi) is 4.94. The number of ketones is 1. The van der Waals surface area contributed by atoms with Crippen LogP contribution in [-0.4, -0.2) is 18.4 Å². The Balaban J connectivity index is 1.46. The Hall–Kier alpha value is -2.62. The number of carbonyl (C=O) groups is 2. The molecule has 1 aliphatic carbocycles. The zero-order chi connectivity index (χ0) is 16.9. The smallest absolute Gasteiger partial charge is 0.407 e. The van der Waals surface area contributed by atoms with Gasteiger partial charge in [0.2, 0.25) is 0 Å². The van der Waals surface area contributed by atoms with Crippen molar-refractivity contribution in [1.29, 1.82) is 0 Å². The maximum atomic E-state index is 11.8. The summed E-state index contributed by atoms with van der Waals surface area (Å²) in [4.78, 5) is 23.5. The van der Waals surface area contributed by atoms with E-state index < -0.39 is 6.09 Å². The van der Waals surface area contributed by atoms with Crippen molar-refractivity contribution in [2.45, 2.75) is 25.9 Å². The molecule has 1 saturated carbocycles. The van der Waals surface area contributed by atoms with Crippen LogP contribution in [0, 0.1) is 5.92 Å². The molecule has 0 bridgehead atoms. The second kappa shape index (κ2) is 7.30. The van der Waals surface area contributed by atoms with Crippen molar-refractivity contribution in [3.05, 3.63) is 71.3 Å². The van der Waals surface area contributed by atoms with Gasteiger partial charge in [-0.2, -0.15) is 0 Å². The standard InChI is InChI=1S/C20H21NO3/c1-14(22)17-9-5-6-10-18(17)19-11-16(19)12-21-20(23)24-13-15-7-3-2-4-8-15/h2-10,16,19H,11-13H2,1H3,(H,21,23)/t16-,19+/m1/s1. The van der Waals surface area contributed by atoms with Crippen LogP contribution >= 0.6 is 0 Å². The molecular weight excluding hydrogens is 302 g/mol. The number of nitrogens with one attached hydrogen (secondary N) is 1. The molecule has 124 valence electrons. The van der Waals surface area contributed by atoms with E-state index in [1.807, 2.05) is 54.6 Å². The third-order valence-electron chi connectivity index (χ3n) is 4.38. The Bertz CT molecular complexity index is 727. The SMILES string of the molecule is CC(=O)c1ccccc1[C@H]1C[C@@H]1CNC(=O)OCc1ccccc1. The summed E-state index contributed by atoms with van der Waals surface area (Å²) < 4.78 is 5.21. The Labute approximate surface area is 141 Å². The molecule has 1 aliphatic rings. The third-order valence-corrected chi connectivity index (χ3v) is 4.38. The maximum Gasteiger partial charge on any atom is 0.407 e. The molecule has 0 spiro atoms. The largest absolute Gasteiger partial charge is 0.445 e. The van der Waals surface area contributed by atoms with Crippen LogP contribution in [0.15, 0.2) is 54.6 Å². The summed E-state index contributed by atoms with van der Waals surface area (Å²) in [6.45, 7) is 2.44. The van der Waals surface area contributed by atoms with Gasteiger partial charge < -0.3 is 10.1 Å². The van der Waals surface area contributed by atoms with E-state index in [4.69, 9.17) is 4.74 Å². The average molecular weight is 323 g/mol. The highest BCUT2D eigenvalue weighted by Gasteiger charge is 2.39. The fourth-order valence-corrected chi connectivity index (χ4v) is 2.98. The van der Waals surface area contributed by atoms with Gasteiger partial charge in [-0.15, -0.1) is 0 Å². The van der Waals surface area contributed by atoms with E-state index in [9.17, 15) is 9.59 Å². The first-order chi connectivity index (χ1) is 11.6. The Morgan fingerprint density at radius 1 is 1.08 bits per heavy atom. The molecular formula is C20H21NO3. The molecule has 0 aromatic heterocycles. The number of amides is 1. The predicted octanol–water partition coefficient (Wildman–Crippen LogP) is 3.92. The summed E-state index contributed by atoms with van der Waals surface area (Å²) in [7, 11) is 0. The van der Waals surface area contributed by atoms with Gasteiger partial charge in [-0.25, -0.2) is 4.79 Å². The van der Waals surface area contributed by atoms with E-state index in [1.165, 1.54) is 0 Å². The molecule has 0 saturated heterocycles. The van der Waals surface area contributed by atoms with Crippen molar-refractivity contribution in [3.8, 4) is 0 Å². The highest BCUT2D eigenvalue weighted by molar-refractivity contribution is 5.95. The van der Waals surface area contributed by atoms with E-state index in [-0.39, 0.29) is 12.4 Å². The van der Waals surface area contributed by atoms with Gasteiger partial charge in [0.1, 0.15) is 6.61 Å². The van der Waals surface area contributed by atoms with Crippen LogP contribution in [0.25, 0.3) is 0 Å². The van der Waals surface area contributed by atoms with Crippen LogP contribution < -0.4 is 5.32 Å². The lowest BCUT2D eigenvalue weighted by molar-refractivity contribution is 0.101. The highest BCUT2D eigenvalue weighted by Crippen LogP contribution is 2.48. The van der Waals surface area contributed by atoms with Gasteiger partial charge >= 0.3 is 6.09 Å². The summed E-state index contributed by atoms with van der Waals surface area (Å²) in [5.74, 6) is 0.806. The number of ether oxygens (including phenoxy) is 1. The number of alkyl carbamates (subject to hydrolysis) is 1. The summed E-state index contributed by atoms with van der Waals surface area (Å²) in [6, 6.07) is 17.3. The molecule has 0 radical (unpaired) electrons. The molecule has 3 rings (SSSR count). The number of carbonyl (C=O) groups excluding carboxylic acids is 2. The molecule has 24 heavy (non-hydrogen) atoms. The Morgan fingerprint density at radius 2 is 1.79 bits per heavy atom. The summed E-state index contributed by atoms with van der Waals surface area (Å²) in [6.07, 6.45) is 0.591. The van der Waals surface area contributed by atoms with Crippen molar-refractivity contribution in [2.75, 3.05) is 6.54 Å². The molecule has 1 fully saturated rings.